The summed E-state index contributed by atoms with van der Waals surface area (Å²) < 4.78 is 5.71. The van der Waals surface area contributed by atoms with E-state index in [4.69, 9.17) is 10.00 Å². The number of hydrogen-bond acceptors (Lipinski definition) is 4. The summed E-state index contributed by atoms with van der Waals surface area (Å²) in [6.07, 6.45) is 1.23. The number of hydrogen-bond donors (Lipinski definition) is 0. The van der Waals surface area contributed by atoms with Crippen molar-refractivity contribution in [3.63, 3.8) is 0 Å². The van der Waals surface area contributed by atoms with Gasteiger partial charge < -0.3 is 9.64 Å². The highest BCUT2D eigenvalue weighted by molar-refractivity contribution is 5.34. The van der Waals surface area contributed by atoms with E-state index in [1.54, 1.807) is 12.1 Å². The Morgan fingerprint density at radius 2 is 1.95 bits per heavy atom. The summed E-state index contributed by atoms with van der Waals surface area (Å²) >= 11 is 0. The molecule has 0 spiro atoms. The predicted molar refractivity (Wildman–Crippen MR) is 75.2 cm³/mol. The van der Waals surface area contributed by atoms with Gasteiger partial charge in [0, 0.05) is 19.6 Å². The van der Waals surface area contributed by atoms with Crippen molar-refractivity contribution in [2.45, 2.75) is 6.42 Å². The molecule has 0 N–H and O–H groups in total. The Balaban J connectivity index is 1.72. The van der Waals surface area contributed by atoms with Gasteiger partial charge in [-0.2, -0.15) is 5.26 Å². The Hall–Kier alpha value is -1.57. The predicted octanol–water partition coefficient (Wildman–Crippen LogP) is 1.57. The monoisotopic (exact) mass is 259 g/mol. The second kappa shape index (κ2) is 7.13. The Morgan fingerprint density at radius 3 is 2.68 bits per heavy atom. The van der Waals surface area contributed by atoms with Gasteiger partial charge >= 0.3 is 0 Å². The first kappa shape index (κ1) is 13.9. The largest absolute Gasteiger partial charge is 0.492 e. The maximum Gasteiger partial charge on any atom is 0.119 e. The van der Waals surface area contributed by atoms with Gasteiger partial charge in [-0.3, -0.25) is 4.90 Å². The zero-order valence-corrected chi connectivity index (χ0v) is 11.5. The van der Waals surface area contributed by atoms with Crippen LogP contribution in [0.3, 0.4) is 0 Å². The molecule has 19 heavy (non-hydrogen) atoms. The SMILES string of the molecule is CN1CCCN(CCOc2ccc(C#N)cc2)CC1. The average molecular weight is 259 g/mol. The normalized spacial score (nSPS) is 17.7. The average Bonchev–Trinajstić information content (AvgIpc) is 2.65. The second-order valence-electron chi connectivity index (χ2n) is 4.98. The summed E-state index contributed by atoms with van der Waals surface area (Å²) in [6.45, 7) is 6.27. The molecule has 1 fully saturated rings. The van der Waals surface area contributed by atoms with Crippen molar-refractivity contribution in [3.8, 4) is 11.8 Å². The van der Waals surface area contributed by atoms with Crippen LogP contribution in [-0.4, -0.2) is 56.2 Å². The molecule has 0 unspecified atom stereocenters. The summed E-state index contributed by atoms with van der Waals surface area (Å²) in [4.78, 5) is 4.83. The highest BCUT2D eigenvalue weighted by Gasteiger charge is 2.11. The van der Waals surface area contributed by atoms with Gasteiger partial charge in [0.1, 0.15) is 12.4 Å². The highest BCUT2D eigenvalue weighted by atomic mass is 16.5. The standard InChI is InChI=1S/C15H21N3O/c1-17-7-2-8-18(10-9-17)11-12-19-15-5-3-14(13-16)4-6-15/h3-6H,2,7-12H2,1H3. The molecule has 4 nitrogen and oxygen atoms in total. The lowest BCUT2D eigenvalue weighted by Crippen LogP contribution is -2.32. The fourth-order valence-electron chi connectivity index (χ4n) is 2.24. The summed E-state index contributed by atoms with van der Waals surface area (Å²) in [5, 5.41) is 8.72. The van der Waals surface area contributed by atoms with Crippen molar-refractivity contribution in [1.29, 1.82) is 5.26 Å². The minimum absolute atomic E-state index is 0.669. The third-order valence-electron chi connectivity index (χ3n) is 3.47. The quantitative estimate of drug-likeness (QED) is 0.823. The van der Waals surface area contributed by atoms with Gasteiger partial charge in [0.25, 0.3) is 0 Å². The molecular weight excluding hydrogens is 238 g/mol. The highest BCUT2D eigenvalue weighted by Crippen LogP contribution is 2.11. The summed E-state index contributed by atoms with van der Waals surface area (Å²) in [5.74, 6) is 0.839. The van der Waals surface area contributed by atoms with Gasteiger partial charge in [0.2, 0.25) is 0 Å². The second-order valence-corrected chi connectivity index (χ2v) is 4.98. The molecule has 0 aliphatic carbocycles. The van der Waals surface area contributed by atoms with Crippen LogP contribution in [0.25, 0.3) is 0 Å². The molecule has 1 aliphatic heterocycles. The fraction of sp³-hybridized carbons (Fsp3) is 0.533. The van der Waals surface area contributed by atoms with E-state index in [0.717, 1.165) is 31.9 Å². The zero-order chi connectivity index (χ0) is 13.5. The lowest BCUT2D eigenvalue weighted by molar-refractivity contribution is 0.213. The van der Waals surface area contributed by atoms with Crippen LogP contribution in [0, 0.1) is 11.3 Å². The van der Waals surface area contributed by atoms with E-state index in [1.807, 2.05) is 12.1 Å². The van der Waals surface area contributed by atoms with Gasteiger partial charge in [-0.15, -0.1) is 0 Å². The molecule has 0 radical (unpaired) electrons. The fourth-order valence-corrected chi connectivity index (χ4v) is 2.24. The van der Waals surface area contributed by atoms with Crippen LogP contribution < -0.4 is 4.74 Å². The molecular formula is C15H21N3O. The Bertz CT molecular complexity index is 424. The molecule has 0 amide bonds. The van der Waals surface area contributed by atoms with E-state index in [1.165, 1.54) is 13.0 Å². The number of rotatable bonds is 4. The van der Waals surface area contributed by atoms with Crippen LogP contribution in [0.4, 0.5) is 0 Å². The van der Waals surface area contributed by atoms with Gasteiger partial charge in [0.05, 0.1) is 11.6 Å². The van der Waals surface area contributed by atoms with Crippen molar-refractivity contribution in [2.75, 3.05) is 46.4 Å². The minimum atomic E-state index is 0.669. The maximum absolute atomic E-state index is 8.72. The summed E-state index contributed by atoms with van der Waals surface area (Å²) in [5.41, 5.74) is 0.669. The van der Waals surface area contributed by atoms with Crippen molar-refractivity contribution in [1.82, 2.24) is 9.80 Å². The molecule has 1 heterocycles. The first-order chi connectivity index (χ1) is 9.28. The third kappa shape index (κ3) is 4.55. The van der Waals surface area contributed by atoms with Crippen molar-refractivity contribution < 1.29 is 4.74 Å². The molecule has 102 valence electrons. The van der Waals surface area contributed by atoms with Crippen molar-refractivity contribution in [2.24, 2.45) is 0 Å². The summed E-state index contributed by atoms with van der Waals surface area (Å²) in [6, 6.07) is 9.39. The van der Waals surface area contributed by atoms with Gasteiger partial charge in [-0.05, 0) is 50.8 Å². The van der Waals surface area contributed by atoms with E-state index in [0.29, 0.717) is 12.2 Å². The van der Waals surface area contributed by atoms with E-state index < -0.39 is 0 Å². The molecule has 0 aromatic heterocycles. The molecule has 2 rings (SSSR count). The number of ether oxygens (including phenoxy) is 1. The van der Waals surface area contributed by atoms with E-state index in [2.05, 4.69) is 22.9 Å². The molecule has 4 heteroatoms. The summed E-state index contributed by atoms with van der Waals surface area (Å²) in [7, 11) is 2.18. The Kier molecular flexibility index (Phi) is 5.20. The molecule has 1 aromatic carbocycles. The van der Waals surface area contributed by atoms with Crippen LogP contribution in [-0.2, 0) is 0 Å². The van der Waals surface area contributed by atoms with Crippen LogP contribution >= 0.6 is 0 Å². The van der Waals surface area contributed by atoms with E-state index in [9.17, 15) is 0 Å². The first-order valence-corrected chi connectivity index (χ1v) is 6.82. The lowest BCUT2D eigenvalue weighted by Gasteiger charge is -2.20. The lowest BCUT2D eigenvalue weighted by atomic mass is 10.2. The van der Waals surface area contributed by atoms with Gasteiger partial charge in [0.15, 0.2) is 0 Å². The van der Waals surface area contributed by atoms with Gasteiger partial charge in [-0.1, -0.05) is 0 Å². The molecule has 1 saturated heterocycles. The molecule has 0 atom stereocenters. The third-order valence-corrected chi connectivity index (χ3v) is 3.47. The molecule has 1 aliphatic rings. The number of likely N-dealkylation sites (N-methyl/N-ethyl adjacent to an activating group) is 1. The van der Waals surface area contributed by atoms with Crippen LogP contribution in [0.15, 0.2) is 24.3 Å². The minimum Gasteiger partial charge on any atom is -0.492 e. The number of benzene rings is 1. The maximum atomic E-state index is 8.72. The van der Waals surface area contributed by atoms with Crippen LogP contribution in [0.2, 0.25) is 0 Å². The molecule has 1 aromatic rings. The molecule has 0 bridgehead atoms. The molecule has 0 saturated carbocycles. The number of nitrogens with zero attached hydrogens (tertiary/aromatic N) is 3. The first-order valence-electron chi connectivity index (χ1n) is 6.82. The number of nitriles is 1. The topological polar surface area (TPSA) is 39.5 Å². The van der Waals surface area contributed by atoms with Crippen LogP contribution in [0.1, 0.15) is 12.0 Å². The van der Waals surface area contributed by atoms with Crippen molar-refractivity contribution in [3.05, 3.63) is 29.8 Å². The van der Waals surface area contributed by atoms with Crippen LogP contribution in [0.5, 0.6) is 5.75 Å². The zero-order valence-electron chi connectivity index (χ0n) is 11.5. The van der Waals surface area contributed by atoms with E-state index >= 15 is 0 Å². The Morgan fingerprint density at radius 1 is 1.16 bits per heavy atom. The Labute approximate surface area is 115 Å². The van der Waals surface area contributed by atoms with Crippen molar-refractivity contribution >= 4 is 0 Å². The van der Waals surface area contributed by atoms with Gasteiger partial charge in [-0.25, -0.2) is 0 Å². The smallest absolute Gasteiger partial charge is 0.119 e. The van der Waals surface area contributed by atoms with E-state index in [-0.39, 0.29) is 0 Å².